The number of nitro benzene ring substituents is 1. The predicted molar refractivity (Wildman–Crippen MR) is 107 cm³/mol. The van der Waals surface area contributed by atoms with E-state index in [1.54, 1.807) is 24.4 Å². The molecule has 0 spiro atoms. The fourth-order valence-electron chi connectivity index (χ4n) is 4.41. The van der Waals surface area contributed by atoms with Crippen LogP contribution in [0.1, 0.15) is 36.4 Å². The molecule has 2 aromatic carbocycles. The monoisotopic (exact) mass is 371 g/mol. The lowest BCUT2D eigenvalue weighted by molar-refractivity contribution is -0.385. The molecule has 5 rings (SSSR count). The van der Waals surface area contributed by atoms with Crippen LogP contribution in [-0.4, -0.2) is 15.7 Å². The van der Waals surface area contributed by atoms with E-state index in [2.05, 4.69) is 10.3 Å². The lowest BCUT2D eigenvalue weighted by Crippen LogP contribution is -2.27. The molecule has 3 aromatic rings. The van der Waals surface area contributed by atoms with Crippen molar-refractivity contribution in [3.05, 3.63) is 81.5 Å². The van der Waals surface area contributed by atoms with Gasteiger partial charge in [0.25, 0.3) is 5.69 Å². The summed E-state index contributed by atoms with van der Waals surface area (Å²) in [4.78, 5) is 28.6. The van der Waals surface area contributed by atoms with Crippen molar-refractivity contribution in [2.75, 3.05) is 5.32 Å². The third-order valence-electron chi connectivity index (χ3n) is 5.58. The first-order chi connectivity index (χ1) is 13.6. The number of aromatic nitrogens is 1. The topological polar surface area (TPSA) is 85.1 Å². The highest BCUT2D eigenvalue weighted by atomic mass is 16.6. The molecule has 0 saturated carbocycles. The number of allylic oxidation sites excluding steroid dienone is 1. The van der Waals surface area contributed by atoms with E-state index < -0.39 is 6.04 Å². The fraction of sp³-hybridized carbons (Fsp3) is 0.182. The minimum Gasteiger partial charge on any atom is -0.373 e. The fourth-order valence-corrected chi connectivity index (χ4v) is 4.41. The van der Waals surface area contributed by atoms with Gasteiger partial charge in [0, 0.05) is 40.9 Å². The number of hydrogen-bond donors (Lipinski definition) is 1. The van der Waals surface area contributed by atoms with Gasteiger partial charge in [-0.1, -0.05) is 18.2 Å². The minimum atomic E-state index is -0.522. The molecule has 0 unspecified atom stereocenters. The first kappa shape index (κ1) is 16.6. The van der Waals surface area contributed by atoms with Crippen molar-refractivity contribution in [2.24, 2.45) is 0 Å². The lowest BCUT2D eigenvalue weighted by Gasteiger charge is -2.34. The zero-order chi connectivity index (χ0) is 19.3. The van der Waals surface area contributed by atoms with Gasteiger partial charge in [-0.15, -0.1) is 0 Å². The number of carbonyl (C=O) groups is 1. The number of rotatable bonds is 2. The molecule has 6 nitrogen and oxygen atoms in total. The van der Waals surface area contributed by atoms with Crippen LogP contribution >= 0.6 is 0 Å². The van der Waals surface area contributed by atoms with E-state index in [1.165, 1.54) is 6.07 Å². The van der Waals surface area contributed by atoms with E-state index in [0.717, 1.165) is 40.6 Å². The standard InChI is InChI=1S/C22H17N3O3/c26-19-9-3-6-15-20-13-7-4-12-23-16(13)10-11-17(20)24-22(21(15)19)14-5-1-2-8-18(14)25(27)28/h1-2,4-5,7-8,10-12,22,24H,3,6,9H2/t22-/m1/s1. The molecule has 6 heteroatoms. The van der Waals surface area contributed by atoms with Crippen LogP contribution in [0, 0.1) is 10.1 Å². The number of benzene rings is 2. The summed E-state index contributed by atoms with van der Waals surface area (Å²) < 4.78 is 0. The zero-order valence-electron chi connectivity index (χ0n) is 15.0. The van der Waals surface area contributed by atoms with E-state index in [9.17, 15) is 14.9 Å². The molecule has 0 saturated heterocycles. The molecule has 0 amide bonds. The van der Waals surface area contributed by atoms with Gasteiger partial charge in [0.15, 0.2) is 5.78 Å². The Bertz CT molecular complexity index is 1180. The number of para-hydroxylation sites is 1. The number of hydrogen-bond acceptors (Lipinski definition) is 5. The SMILES string of the molecule is O=C1CCCC2=C1[C@@H](c1ccccc1[N+](=O)[O-])Nc1ccc3ncccc3c12. The molecule has 1 aliphatic carbocycles. The van der Waals surface area contributed by atoms with Gasteiger partial charge in [0.2, 0.25) is 0 Å². The van der Waals surface area contributed by atoms with Gasteiger partial charge >= 0.3 is 0 Å². The van der Waals surface area contributed by atoms with Crippen LogP contribution in [0.25, 0.3) is 16.5 Å². The van der Waals surface area contributed by atoms with Crippen molar-refractivity contribution in [1.82, 2.24) is 4.98 Å². The van der Waals surface area contributed by atoms with Crippen LogP contribution in [-0.2, 0) is 4.79 Å². The van der Waals surface area contributed by atoms with Gasteiger partial charge in [-0.25, -0.2) is 0 Å². The Balaban J connectivity index is 1.80. The Morgan fingerprint density at radius 1 is 1.07 bits per heavy atom. The highest BCUT2D eigenvalue weighted by Gasteiger charge is 2.37. The molecular weight excluding hydrogens is 354 g/mol. The normalized spacial score (nSPS) is 18.4. The van der Waals surface area contributed by atoms with Crippen LogP contribution in [0.2, 0.25) is 0 Å². The van der Waals surface area contributed by atoms with E-state index in [-0.39, 0.29) is 16.4 Å². The van der Waals surface area contributed by atoms with Crippen molar-refractivity contribution >= 4 is 33.6 Å². The number of anilines is 1. The summed E-state index contributed by atoms with van der Waals surface area (Å²) in [6.07, 6.45) is 3.79. The number of pyridine rings is 1. The zero-order valence-corrected chi connectivity index (χ0v) is 15.0. The van der Waals surface area contributed by atoms with Gasteiger partial charge in [-0.05, 0) is 42.7 Å². The number of nitrogens with zero attached hydrogens (tertiary/aromatic N) is 2. The van der Waals surface area contributed by atoms with Gasteiger partial charge in [-0.2, -0.15) is 0 Å². The Morgan fingerprint density at radius 2 is 1.93 bits per heavy atom. The summed E-state index contributed by atoms with van der Waals surface area (Å²) in [5, 5.41) is 16.0. The highest BCUT2D eigenvalue weighted by Crippen LogP contribution is 2.48. The molecule has 0 radical (unpaired) electrons. The second kappa shape index (κ2) is 6.27. The molecule has 28 heavy (non-hydrogen) atoms. The molecule has 0 fully saturated rings. The second-order valence-electron chi connectivity index (χ2n) is 7.12. The molecule has 1 aliphatic heterocycles. The maximum atomic E-state index is 13.0. The average Bonchev–Trinajstić information content (AvgIpc) is 2.73. The largest absolute Gasteiger partial charge is 0.373 e. The number of fused-ring (bicyclic) bond motifs is 4. The summed E-state index contributed by atoms with van der Waals surface area (Å²) in [6, 6.07) is 13.9. The van der Waals surface area contributed by atoms with E-state index in [1.807, 2.05) is 24.3 Å². The molecule has 138 valence electrons. The third-order valence-corrected chi connectivity index (χ3v) is 5.58. The van der Waals surface area contributed by atoms with Gasteiger partial charge in [0.05, 0.1) is 22.0 Å². The van der Waals surface area contributed by atoms with E-state index in [0.29, 0.717) is 17.6 Å². The van der Waals surface area contributed by atoms with Crippen molar-refractivity contribution < 1.29 is 9.72 Å². The summed E-state index contributed by atoms with van der Waals surface area (Å²) in [7, 11) is 0. The third kappa shape index (κ3) is 2.41. The van der Waals surface area contributed by atoms with Crippen LogP contribution in [0.4, 0.5) is 11.4 Å². The summed E-state index contributed by atoms with van der Waals surface area (Å²) in [5.74, 6) is 0.0587. The Labute approximate surface area is 161 Å². The van der Waals surface area contributed by atoms with Crippen molar-refractivity contribution in [1.29, 1.82) is 0 Å². The molecule has 1 atom stereocenters. The summed E-state index contributed by atoms with van der Waals surface area (Å²) in [5.41, 5.74) is 4.96. The predicted octanol–water partition coefficient (Wildman–Crippen LogP) is 4.82. The lowest BCUT2D eigenvalue weighted by atomic mass is 9.77. The molecule has 2 aliphatic rings. The summed E-state index contributed by atoms with van der Waals surface area (Å²) >= 11 is 0. The number of ketones is 1. The summed E-state index contributed by atoms with van der Waals surface area (Å²) in [6.45, 7) is 0. The first-order valence-corrected chi connectivity index (χ1v) is 9.29. The Morgan fingerprint density at radius 3 is 2.79 bits per heavy atom. The smallest absolute Gasteiger partial charge is 0.275 e. The average molecular weight is 371 g/mol. The number of nitrogens with one attached hydrogen (secondary N) is 1. The Hall–Kier alpha value is -3.54. The van der Waals surface area contributed by atoms with Crippen LogP contribution in [0.3, 0.4) is 0 Å². The van der Waals surface area contributed by atoms with Crippen molar-refractivity contribution in [2.45, 2.75) is 25.3 Å². The second-order valence-corrected chi connectivity index (χ2v) is 7.12. The van der Waals surface area contributed by atoms with Gasteiger partial charge < -0.3 is 5.32 Å². The van der Waals surface area contributed by atoms with Crippen LogP contribution in [0.5, 0.6) is 0 Å². The first-order valence-electron chi connectivity index (χ1n) is 9.29. The number of nitro groups is 1. The molecular formula is C22H17N3O3. The Kier molecular flexibility index (Phi) is 3.72. The van der Waals surface area contributed by atoms with Gasteiger partial charge in [-0.3, -0.25) is 19.9 Å². The molecule has 1 N–H and O–H groups in total. The van der Waals surface area contributed by atoms with Crippen molar-refractivity contribution in [3.63, 3.8) is 0 Å². The van der Waals surface area contributed by atoms with E-state index in [4.69, 9.17) is 0 Å². The van der Waals surface area contributed by atoms with E-state index >= 15 is 0 Å². The molecule has 0 bridgehead atoms. The van der Waals surface area contributed by atoms with Crippen LogP contribution < -0.4 is 5.32 Å². The quantitative estimate of drug-likeness (QED) is 0.516. The molecule has 2 heterocycles. The minimum absolute atomic E-state index is 0.0242. The number of carbonyl (C=O) groups excluding carboxylic acids is 1. The molecule has 1 aromatic heterocycles. The van der Waals surface area contributed by atoms with Crippen LogP contribution in [0.15, 0.2) is 60.3 Å². The number of Topliss-reactive ketones (excluding diaryl/α,β-unsaturated/α-hetero) is 1. The maximum Gasteiger partial charge on any atom is 0.275 e. The van der Waals surface area contributed by atoms with Gasteiger partial charge in [0.1, 0.15) is 0 Å². The van der Waals surface area contributed by atoms with Crippen molar-refractivity contribution in [3.8, 4) is 0 Å². The highest BCUT2D eigenvalue weighted by molar-refractivity contribution is 6.12. The maximum absolute atomic E-state index is 13.0.